The van der Waals surface area contributed by atoms with Crippen molar-refractivity contribution in [1.82, 2.24) is 5.32 Å². The number of benzene rings is 1. The monoisotopic (exact) mass is 385 g/mol. The fourth-order valence-electron chi connectivity index (χ4n) is 2.90. The molecule has 4 nitrogen and oxygen atoms in total. The molecule has 1 aromatic carbocycles. The van der Waals surface area contributed by atoms with Gasteiger partial charge >= 0.3 is 5.97 Å². The maximum absolute atomic E-state index is 13.7. The number of hydrogen-bond donors (Lipinski definition) is 1. The van der Waals surface area contributed by atoms with Crippen LogP contribution < -0.4 is 5.32 Å². The average Bonchev–Trinajstić information content (AvgIpc) is 2.49. The van der Waals surface area contributed by atoms with Gasteiger partial charge in [0.15, 0.2) is 6.61 Å². The molecule has 0 aliphatic heterocycles. The zero-order valence-corrected chi connectivity index (χ0v) is 14.9. The molecule has 1 aliphatic rings. The van der Waals surface area contributed by atoms with Crippen LogP contribution in [0.5, 0.6) is 0 Å². The average molecular weight is 386 g/mol. The maximum Gasteiger partial charge on any atom is 0.341 e. The molecule has 0 unspecified atom stereocenters. The highest BCUT2D eigenvalue weighted by molar-refractivity contribution is 9.10. The molecule has 1 amide bonds. The van der Waals surface area contributed by atoms with Gasteiger partial charge in [-0.1, -0.05) is 42.6 Å². The summed E-state index contributed by atoms with van der Waals surface area (Å²) in [5.74, 6) is -0.905. The van der Waals surface area contributed by atoms with Crippen LogP contribution in [0, 0.1) is 17.7 Å². The Morgan fingerprint density at radius 2 is 2.09 bits per heavy atom. The Kier molecular flexibility index (Phi) is 6.16. The number of carbonyl (C=O) groups is 2. The number of ether oxygens (including phenoxy) is 1. The van der Waals surface area contributed by atoms with Crippen molar-refractivity contribution >= 4 is 27.8 Å². The highest BCUT2D eigenvalue weighted by atomic mass is 79.9. The predicted octanol–water partition coefficient (Wildman–Crippen LogP) is 3.69. The number of nitrogens with one attached hydrogen (secondary N) is 1. The smallest absolute Gasteiger partial charge is 0.341 e. The number of rotatable bonds is 4. The molecule has 6 heteroatoms. The zero-order valence-electron chi connectivity index (χ0n) is 13.3. The first-order valence-electron chi connectivity index (χ1n) is 7.80. The quantitative estimate of drug-likeness (QED) is 0.804. The summed E-state index contributed by atoms with van der Waals surface area (Å²) in [7, 11) is 0. The molecule has 0 saturated heterocycles. The van der Waals surface area contributed by atoms with Crippen molar-refractivity contribution in [3.8, 4) is 0 Å². The first kappa shape index (κ1) is 17.9. The Morgan fingerprint density at radius 1 is 1.35 bits per heavy atom. The normalized spacial score (nSPS) is 24.1. The van der Waals surface area contributed by atoms with E-state index in [2.05, 4.69) is 35.1 Å². The lowest BCUT2D eigenvalue weighted by molar-refractivity contribution is -0.125. The van der Waals surface area contributed by atoms with Crippen molar-refractivity contribution in [2.75, 3.05) is 6.61 Å². The van der Waals surface area contributed by atoms with E-state index in [0.717, 1.165) is 12.8 Å². The molecule has 2 rings (SSSR count). The summed E-state index contributed by atoms with van der Waals surface area (Å²) >= 11 is 3.12. The van der Waals surface area contributed by atoms with Crippen molar-refractivity contribution in [2.24, 2.45) is 11.8 Å². The van der Waals surface area contributed by atoms with E-state index < -0.39 is 18.4 Å². The summed E-state index contributed by atoms with van der Waals surface area (Å²) in [5, 5.41) is 2.91. The van der Waals surface area contributed by atoms with E-state index in [1.807, 2.05) is 0 Å². The van der Waals surface area contributed by atoms with Crippen LogP contribution in [0.15, 0.2) is 22.7 Å². The third-order valence-electron chi connectivity index (χ3n) is 4.54. The maximum atomic E-state index is 13.7. The van der Waals surface area contributed by atoms with Gasteiger partial charge in [0.2, 0.25) is 0 Å². The van der Waals surface area contributed by atoms with E-state index in [1.54, 1.807) is 6.07 Å². The van der Waals surface area contributed by atoms with Gasteiger partial charge in [0.05, 0.1) is 5.56 Å². The van der Waals surface area contributed by atoms with Gasteiger partial charge in [-0.3, -0.25) is 4.79 Å². The zero-order chi connectivity index (χ0) is 17.0. The van der Waals surface area contributed by atoms with Gasteiger partial charge in [-0.05, 0) is 36.5 Å². The second kappa shape index (κ2) is 7.90. The Bertz CT molecular complexity index is 593. The molecular weight excluding hydrogens is 365 g/mol. The minimum atomic E-state index is -0.838. The highest BCUT2D eigenvalue weighted by Gasteiger charge is 2.28. The van der Waals surface area contributed by atoms with Crippen LogP contribution in [0.1, 0.15) is 43.5 Å². The molecule has 0 bridgehead atoms. The molecule has 0 radical (unpaired) electrons. The summed E-state index contributed by atoms with van der Waals surface area (Å²) < 4.78 is 19.1. The van der Waals surface area contributed by atoms with Gasteiger partial charge in [0.1, 0.15) is 5.82 Å². The number of halogens is 2. The van der Waals surface area contributed by atoms with Gasteiger partial charge in [-0.15, -0.1) is 0 Å². The fraction of sp³-hybridized carbons (Fsp3) is 0.529. The summed E-state index contributed by atoms with van der Waals surface area (Å²) in [6, 6.07) is 4.16. The van der Waals surface area contributed by atoms with Crippen molar-refractivity contribution in [1.29, 1.82) is 0 Å². The SMILES string of the molecule is C[C@@H]1[C@@H](C)CCC[C@H]1NC(=O)COC(=O)c1ccc(Br)cc1F. The molecule has 1 fully saturated rings. The van der Waals surface area contributed by atoms with Crippen molar-refractivity contribution in [3.05, 3.63) is 34.1 Å². The van der Waals surface area contributed by atoms with Crippen LogP contribution in [-0.2, 0) is 9.53 Å². The van der Waals surface area contributed by atoms with Crippen LogP contribution in [0.25, 0.3) is 0 Å². The standard InChI is InChI=1S/C17H21BrFNO3/c1-10-4-3-5-15(11(10)2)20-16(21)9-23-17(22)13-7-6-12(18)8-14(13)19/h6-8,10-11,15H,3-5,9H2,1-2H3,(H,20,21)/t10-,11+,15+/m0/s1. The van der Waals surface area contributed by atoms with Gasteiger partial charge < -0.3 is 10.1 Å². The second-order valence-electron chi connectivity index (χ2n) is 6.14. The number of esters is 1. The lowest BCUT2D eigenvalue weighted by atomic mass is 9.78. The lowest BCUT2D eigenvalue weighted by Gasteiger charge is -2.34. The molecule has 1 N–H and O–H groups in total. The second-order valence-corrected chi connectivity index (χ2v) is 7.06. The molecule has 126 valence electrons. The first-order valence-corrected chi connectivity index (χ1v) is 8.59. The van der Waals surface area contributed by atoms with Crippen molar-refractivity contribution in [3.63, 3.8) is 0 Å². The predicted molar refractivity (Wildman–Crippen MR) is 88.5 cm³/mol. The molecule has 1 aliphatic carbocycles. The lowest BCUT2D eigenvalue weighted by Crippen LogP contribution is -2.45. The molecule has 1 aromatic rings. The van der Waals surface area contributed by atoms with Crippen molar-refractivity contribution < 1.29 is 18.7 Å². The molecular formula is C17H21BrFNO3. The Hall–Kier alpha value is -1.43. The van der Waals surface area contributed by atoms with Gasteiger partial charge in [0, 0.05) is 10.5 Å². The number of amides is 1. The minimum absolute atomic E-state index is 0.106. The van der Waals surface area contributed by atoms with Gasteiger partial charge in [0.25, 0.3) is 5.91 Å². The molecule has 0 heterocycles. The Labute approximate surface area is 143 Å². The third kappa shape index (κ3) is 4.77. The van der Waals surface area contributed by atoms with Gasteiger partial charge in [-0.25, -0.2) is 9.18 Å². The van der Waals surface area contributed by atoms with Crippen LogP contribution in [0.4, 0.5) is 4.39 Å². The number of hydrogen-bond acceptors (Lipinski definition) is 3. The van der Waals surface area contributed by atoms with E-state index in [9.17, 15) is 14.0 Å². The summed E-state index contributed by atoms with van der Waals surface area (Å²) in [6.45, 7) is 3.91. The molecule has 1 saturated carbocycles. The van der Waals surface area contributed by atoms with E-state index in [1.165, 1.54) is 18.6 Å². The molecule has 0 aromatic heterocycles. The first-order chi connectivity index (χ1) is 10.9. The Morgan fingerprint density at radius 3 is 2.78 bits per heavy atom. The molecule has 0 spiro atoms. The summed E-state index contributed by atoms with van der Waals surface area (Å²) in [5.41, 5.74) is -0.180. The van der Waals surface area contributed by atoms with Crippen LogP contribution >= 0.6 is 15.9 Å². The van der Waals surface area contributed by atoms with Crippen LogP contribution in [0.2, 0.25) is 0 Å². The third-order valence-corrected chi connectivity index (χ3v) is 5.03. The van der Waals surface area contributed by atoms with Crippen molar-refractivity contribution in [2.45, 2.75) is 39.2 Å². The summed E-state index contributed by atoms with van der Waals surface area (Å²) in [4.78, 5) is 23.8. The van der Waals surface area contributed by atoms with E-state index >= 15 is 0 Å². The Balaban J connectivity index is 1.85. The largest absolute Gasteiger partial charge is 0.452 e. The highest BCUT2D eigenvalue weighted by Crippen LogP contribution is 2.29. The van der Waals surface area contributed by atoms with Gasteiger partial charge in [-0.2, -0.15) is 0 Å². The topological polar surface area (TPSA) is 55.4 Å². The van der Waals surface area contributed by atoms with E-state index in [4.69, 9.17) is 4.74 Å². The number of carbonyl (C=O) groups excluding carboxylic acids is 2. The van der Waals surface area contributed by atoms with E-state index in [0.29, 0.717) is 16.3 Å². The van der Waals surface area contributed by atoms with E-state index in [-0.39, 0.29) is 17.5 Å². The fourth-order valence-corrected chi connectivity index (χ4v) is 3.23. The van der Waals surface area contributed by atoms with Crippen LogP contribution in [0.3, 0.4) is 0 Å². The molecule has 23 heavy (non-hydrogen) atoms. The minimum Gasteiger partial charge on any atom is -0.452 e. The summed E-state index contributed by atoms with van der Waals surface area (Å²) in [6.07, 6.45) is 3.19. The molecule has 3 atom stereocenters. The van der Waals surface area contributed by atoms with Crippen LogP contribution in [-0.4, -0.2) is 24.5 Å².